The Bertz CT molecular complexity index is 443. The van der Waals surface area contributed by atoms with Gasteiger partial charge in [0, 0.05) is 11.6 Å². The van der Waals surface area contributed by atoms with Gasteiger partial charge in [-0.1, -0.05) is 30.3 Å². The van der Waals surface area contributed by atoms with Crippen LogP contribution in [-0.2, 0) is 4.79 Å². The Kier molecular flexibility index (Phi) is 4.99. The van der Waals surface area contributed by atoms with Crippen molar-refractivity contribution < 1.29 is 9.90 Å². The van der Waals surface area contributed by atoms with E-state index in [0.717, 1.165) is 5.56 Å². The van der Waals surface area contributed by atoms with Crippen LogP contribution in [0.15, 0.2) is 36.4 Å². The molecule has 16 heavy (non-hydrogen) atoms. The molecule has 0 amide bonds. The Labute approximate surface area is 103 Å². The van der Waals surface area contributed by atoms with Crippen LogP contribution in [0.2, 0.25) is 0 Å². The third kappa shape index (κ3) is 3.63. The van der Waals surface area contributed by atoms with E-state index < -0.39 is 0 Å². The molecular formula is C12H14O2S2. The lowest BCUT2D eigenvalue weighted by Crippen LogP contribution is -2.02. The summed E-state index contributed by atoms with van der Waals surface area (Å²) in [6.07, 6.45) is 5.14. The Morgan fingerprint density at radius 2 is 1.88 bits per heavy atom. The van der Waals surface area contributed by atoms with Gasteiger partial charge < -0.3 is 5.11 Å². The van der Waals surface area contributed by atoms with Crippen molar-refractivity contribution in [2.75, 3.05) is 12.5 Å². The van der Waals surface area contributed by atoms with E-state index in [2.05, 4.69) is 12.6 Å². The lowest BCUT2D eigenvalue weighted by molar-refractivity contribution is -0.106. The molecule has 1 rings (SSSR count). The number of aliphatic hydroxyl groups excluding tert-OH is 1. The standard InChI is InChI=1S/C12H14O2S2/c1-16(2)12(14)10(8-11(13)15)9-6-4-3-5-7-9/h3-8,14H,1-2H3,(H,13,15)/b10-8-. The highest BCUT2D eigenvalue weighted by atomic mass is 32.2. The fourth-order valence-electron chi connectivity index (χ4n) is 1.23. The number of rotatable bonds is 3. The molecule has 0 heterocycles. The molecule has 1 N–H and O–H groups in total. The predicted molar refractivity (Wildman–Crippen MR) is 75.5 cm³/mol. The van der Waals surface area contributed by atoms with Crippen LogP contribution in [0.4, 0.5) is 0 Å². The molecule has 0 aliphatic rings. The molecule has 0 aliphatic carbocycles. The van der Waals surface area contributed by atoms with Gasteiger partial charge in [-0.15, -0.1) is 12.6 Å². The van der Waals surface area contributed by atoms with E-state index in [-0.39, 0.29) is 20.6 Å². The smallest absolute Gasteiger partial charge is 0.209 e. The van der Waals surface area contributed by atoms with Crippen molar-refractivity contribution in [2.24, 2.45) is 0 Å². The summed E-state index contributed by atoms with van der Waals surface area (Å²) in [7, 11) is -0.290. The summed E-state index contributed by atoms with van der Waals surface area (Å²) in [5, 5.41) is 9.83. The molecule has 0 saturated carbocycles. The predicted octanol–water partition coefficient (Wildman–Crippen LogP) is 2.74. The van der Waals surface area contributed by atoms with Crippen molar-refractivity contribution in [3.05, 3.63) is 42.0 Å². The molecule has 2 nitrogen and oxygen atoms in total. The van der Waals surface area contributed by atoms with Crippen molar-refractivity contribution in [3.63, 3.8) is 0 Å². The first-order valence-electron chi connectivity index (χ1n) is 4.66. The maximum absolute atomic E-state index is 11.0. The lowest BCUT2D eigenvalue weighted by Gasteiger charge is -2.08. The highest BCUT2D eigenvalue weighted by molar-refractivity contribution is 8.15. The molecule has 0 saturated heterocycles. The summed E-state index contributed by atoms with van der Waals surface area (Å²) in [6.45, 7) is 0. The maximum atomic E-state index is 11.0. The number of benzene rings is 1. The Morgan fingerprint density at radius 1 is 1.31 bits per heavy atom. The van der Waals surface area contributed by atoms with Crippen molar-refractivity contribution in [1.29, 1.82) is 0 Å². The van der Waals surface area contributed by atoms with Crippen molar-refractivity contribution >= 4 is 38.9 Å². The summed E-state index contributed by atoms with van der Waals surface area (Å²) in [6, 6.07) is 9.32. The van der Waals surface area contributed by atoms with Gasteiger partial charge in [0.1, 0.15) is 5.05 Å². The molecule has 1 aromatic rings. The first-order valence-corrected chi connectivity index (χ1v) is 7.15. The topological polar surface area (TPSA) is 37.3 Å². The molecule has 0 unspecified atom stereocenters. The van der Waals surface area contributed by atoms with E-state index in [0.29, 0.717) is 5.57 Å². The molecule has 0 atom stereocenters. The fraction of sp³-hybridized carbons (Fsp3) is 0.167. The Balaban J connectivity index is 3.29. The number of aliphatic hydroxyl groups is 1. The van der Waals surface area contributed by atoms with Gasteiger partial charge in [0.2, 0.25) is 5.12 Å². The van der Waals surface area contributed by atoms with Crippen molar-refractivity contribution in [3.8, 4) is 0 Å². The Hall–Kier alpha value is -0.840. The van der Waals surface area contributed by atoms with E-state index in [4.69, 9.17) is 0 Å². The highest BCUT2D eigenvalue weighted by Crippen LogP contribution is 2.20. The highest BCUT2D eigenvalue weighted by Gasteiger charge is 2.08. The lowest BCUT2D eigenvalue weighted by atomic mass is 10.1. The second-order valence-corrected chi connectivity index (χ2v) is 5.84. The van der Waals surface area contributed by atoms with Gasteiger partial charge in [-0.3, -0.25) is 4.79 Å². The molecule has 0 bridgehead atoms. The van der Waals surface area contributed by atoms with Gasteiger partial charge in [0.15, 0.2) is 0 Å². The summed E-state index contributed by atoms with van der Waals surface area (Å²) in [5.74, 6) is 0. The first kappa shape index (κ1) is 13.2. The third-order valence-corrected chi connectivity index (χ3v) is 3.09. The molecule has 1 aromatic carbocycles. The third-order valence-electron chi connectivity index (χ3n) is 1.97. The molecule has 86 valence electrons. The molecule has 0 radical (unpaired) electrons. The zero-order valence-corrected chi connectivity index (χ0v) is 10.9. The van der Waals surface area contributed by atoms with Crippen LogP contribution in [0.3, 0.4) is 0 Å². The molecule has 0 aliphatic heterocycles. The van der Waals surface area contributed by atoms with E-state index in [1.54, 1.807) is 0 Å². The minimum atomic E-state index is -0.365. The van der Waals surface area contributed by atoms with Gasteiger partial charge in [-0.05, 0) is 18.1 Å². The summed E-state index contributed by atoms with van der Waals surface area (Å²) >= 11 is 3.71. The normalized spacial score (nSPS) is 11.7. The van der Waals surface area contributed by atoms with Crippen molar-refractivity contribution in [2.45, 2.75) is 0 Å². The average Bonchev–Trinajstić information content (AvgIpc) is 2.26. The van der Waals surface area contributed by atoms with Crippen LogP contribution < -0.4 is 0 Å². The second kappa shape index (κ2) is 6.03. The van der Waals surface area contributed by atoms with Gasteiger partial charge in [-0.25, -0.2) is 0 Å². The van der Waals surface area contributed by atoms with Crippen LogP contribution in [0.1, 0.15) is 5.56 Å². The van der Waals surface area contributed by atoms with Gasteiger partial charge in [0.25, 0.3) is 0 Å². The van der Waals surface area contributed by atoms with E-state index in [9.17, 15) is 9.90 Å². The summed E-state index contributed by atoms with van der Waals surface area (Å²) in [4.78, 5) is 11.0. The number of hydrogen-bond donors (Lipinski definition) is 2. The van der Waals surface area contributed by atoms with Gasteiger partial charge in [0.05, 0.1) is 0 Å². The van der Waals surface area contributed by atoms with Crippen LogP contribution >= 0.6 is 23.1 Å². The van der Waals surface area contributed by atoms with Crippen LogP contribution in [0.25, 0.3) is 5.57 Å². The molecule has 0 spiro atoms. The minimum Gasteiger partial charge on any atom is -0.355 e. The van der Waals surface area contributed by atoms with Gasteiger partial charge in [-0.2, -0.15) is 10.5 Å². The SMILES string of the molecule is CS(C)=C(O)/C(=C\C(=O)S)c1ccccc1. The summed E-state index contributed by atoms with van der Waals surface area (Å²) in [5.41, 5.74) is 1.37. The minimum absolute atomic E-state index is 0.230. The quantitative estimate of drug-likeness (QED) is 0.494. The molecule has 0 aromatic heterocycles. The number of carbonyl (C=O) groups excluding carboxylic acids is 1. The van der Waals surface area contributed by atoms with E-state index in [1.807, 2.05) is 42.8 Å². The molecule has 0 fully saturated rings. The van der Waals surface area contributed by atoms with Gasteiger partial charge >= 0.3 is 0 Å². The molecule has 4 heteroatoms. The summed E-state index contributed by atoms with van der Waals surface area (Å²) < 4.78 is 0. The van der Waals surface area contributed by atoms with Crippen LogP contribution in [0.5, 0.6) is 0 Å². The largest absolute Gasteiger partial charge is 0.355 e. The van der Waals surface area contributed by atoms with E-state index in [1.165, 1.54) is 6.08 Å². The average molecular weight is 254 g/mol. The second-order valence-electron chi connectivity index (χ2n) is 3.38. The zero-order valence-electron chi connectivity index (χ0n) is 9.18. The monoisotopic (exact) mass is 254 g/mol. The maximum Gasteiger partial charge on any atom is 0.209 e. The zero-order chi connectivity index (χ0) is 12.1. The van der Waals surface area contributed by atoms with Crippen LogP contribution in [0, 0.1) is 0 Å². The number of carbonyl (C=O) groups is 1. The Morgan fingerprint density at radius 3 is 2.31 bits per heavy atom. The van der Waals surface area contributed by atoms with Crippen LogP contribution in [-0.4, -0.2) is 27.8 Å². The van der Waals surface area contributed by atoms with Crippen molar-refractivity contribution in [1.82, 2.24) is 0 Å². The van der Waals surface area contributed by atoms with E-state index >= 15 is 0 Å². The first-order chi connectivity index (χ1) is 7.52. The number of hydrogen-bond acceptors (Lipinski definition) is 1. The number of thiol groups is 1. The fourth-order valence-corrected chi connectivity index (χ4v) is 1.98. The molecular weight excluding hydrogens is 240 g/mol.